The maximum absolute atomic E-state index is 14.2. The molecule has 3 aromatic rings. The molecule has 1 fully saturated rings. The number of halogens is 5. The molecule has 1 saturated heterocycles. The van der Waals surface area contributed by atoms with E-state index in [4.69, 9.17) is 0 Å². The smallest absolute Gasteiger partial charge is 0.349 e. The summed E-state index contributed by atoms with van der Waals surface area (Å²) in [7, 11) is -4.26. The van der Waals surface area contributed by atoms with E-state index in [1.54, 1.807) is 0 Å². The van der Waals surface area contributed by atoms with Gasteiger partial charge in [0, 0.05) is 23.4 Å². The van der Waals surface area contributed by atoms with E-state index in [1.165, 1.54) is 36.7 Å². The van der Waals surface area contributed by atoms with E-state index in [1.807, 2.05) is 0 Å². The molecular weight excluding hydrogens is 539 g/mol. The topological polar surface area (TPSA) is 92.3 Å². The Morgan fingerprint density at radius 1 is 1.08 bits per heavy atom. The molecule has 0 spiro atoms. The molecule has 0 unspecified atom stereocenters. The number of nitrogens with zero attached hydrogens (tertiary/aromatic N) is 3. The van der Waals surface area contributed by atoms with Gasteiger partial charge in [-0.1, -0.05) is 12.1 Å². The number of alkyl halides is 4. The third-order valence-electron chi connectivity index (χ3n) is 5.48. The molecule has 1 N–H and O–H groups in total. The highest BCUT2D eigenvalue weighted by molar-refractivity contribution is 8.00. The third kappa shape index (κ3) is 6.62. The van der Waals surface area contributed by atoms with Crippen molar-refractivity contribution in [3.63, 3.8) is 0 Å². The minimum absolute atomic E-state index is 0.0145. The third-order valence-corrected chi connectivity index (χ3v) is 8.11. The van der Waals surface area contributed by atoms with Crippen molar-refractivity contribution in [1.29, 1.82) is 0 Å². The first kappa shape index (κ1) is 26.9. The molecule has 196 valence electrons. The summed E-state index contributed by atoms with van der Waals surface area (Å²) >= 11 is -0.238. The second-order valence-corrected chi connectivity index (χ2v) is 11.1. The average molecular weight is 559 g/mol. The molecule has 1 amide bonds. The first-order valence-electron chi connectivity index (χ1n) is 10.8. The van der Waals surface area contributed by atoms with E-state index in [0.29, 0.717) is 17.0 Å². The van der Waals surface area contributed by atoms with Crippen LogP contribution < -0.4 is 5.32 Å². The summed E-state index contributed by atoms with van der Waals surface area (Å²) in [6.45, 7) is -0.647. The van der Waals surface area contributed by atoms with Gasteiger partial charge in [-0.25, -0.2) is 27.2 Å². The van der Waals surface area contributed by atoms with Crippen LogP contribution in [0.2, 0.25) is 0 Å². The minimum Gasteiger partial charge on any atom is -0.349 e. The van der Waals surface area contributed by atoms with Gasteiger partial charge in [0.1, 0.15) is 24.4 Å². The highest BCUT2D eigenvalue weighted by Gasteiger charge is 2.44. The van der Waals surface area contributed by atoms with Crippen LogP contribution in [0.1, 0.15) is 12.1 Å². The lowest BCUT2D eigenvalue weighted by Crippen LogP contribution is -2.45. The number of thioether (sulfide) groups is 1. The summed E-state index contributed by atoms with van der Waals surface area (Å²) in [4.78, 5) is 20.7. The SMILES string of the molecule is O=C(NCc1cc(-c2ccc(SC(F)(F)F)cc2)ncn1)[C@@H]1C[C@@H](F)CN1S(=O)(=O)c1ccc(F)cc1. The Balaban J connectivity index is 1.44. The number of aromatic nitrogens is 2. The number of carbonyl (C=O) groups excluding carboxylic acids is 1. The Morgan fingerprint density at radius 2 is 1.76 bits per heavy atom. The molecule has 1 aromatic heterocycles. The second kappa shape index (κ2) is 10.7. The molecule has 1 aliphatic rings. The first-order valence-corrected chi connectivity index (χ1v) is 13.0. The maximum Gasteiger partial charge on any atom is 0.446 e. The van der Waals surface area contributed by atoms with Crippen LogP contribution in [0.5, 0.6) is 0 Å². The van der Waals surface area contributed by atoms with E-state index in [2.05, 4.69) is 15.3 Å². The minimum atomic E-state index is -4.41. The number of hydrogen-bond acceptors (Lipinski definition) is 6. The predicted octanol–water partition coefficient (Wildman–Crippen LogP) is 4.31. The van der Waals surface area contributed by atoms with Crippen molar-refractivity contribution < 1.29 is 35.2 Å². The molecule has 2 aromatic carbocycles. The van der Waals surface area contributed by atoms with Crippen LogP contribution in [0.4, 0.5) is 22.0 Å². The second-order valence-electron chi connectivity index (χ2n) is 8.06. The van der Waals surface area contributed by atoms with Crippen LogP contribution in [0.25, 0.3) is 11.3 Å². The van der Waals surface area contributed by atoms with Crippen LogP contribution in [0.15, 0.2) is 70.7 Å². The lowest BCUT2D eigenvalue weighted by molar-refractivity contribution is -0.124. The average Bonchev–Trinajstić information content (AvgIpc) is 3.25. The van der Waals surface area contributed by atoms with Crippen LogP contribution in [-0.2, 0) is 21.4 Å². The summed E-state index contributed by atoms with van der Waals surface area (Å²) in [5.41, 5.74) is -3.14. The number of nitrogens with one attached hydrogen (secondary N) is 1. The largest absolute Gasteiger partial charge is 0.446 e. The normalized spacial score (nSPS) is 18.6. The molecule has 0 aliphatic carbocycles. The number of amides is 1. The van der Waals surface area contributed by atoms with E-state index in [0.717, 1.165) is 28.6 Å². The Labute approximate surface area is 213 Å². The molecule has 0 saturated carbocycles. The lowest BCUT2D eigenvalue weighted by Gasteiger charge is -2.23. The molecule has 37 heavy (non-hydrogen) atoms. The monoisotopic (exact) mass is 558 g/mol. The predicted molar refractivity (Wildman–Crippen MR) is 125 cm³/mol. The van der Waals surface area contributed by atoms with Gasteiger partial charge in [0.05, 0.1) is 22.8 Å². The van der Waals surface area contributed by atoms with Gasteiger partial charge >= 0.3 is 5.51 Å². The molecule has 0 radical (unpaired) electrons. The molecule has 7 nitrogen and oxygen atoms in total. The summed E-state index contributed by atoms with van der Waals surface area (Å²) in [5, 5.41) is 2.55. The molecule has 2 atom stereocenters. The fourth-order valence-electron chi connectivity index (χ4n) is 3.78. The van der Waals surface area contributed by atoms with Gasteiger partial charge in [0.25, 0.3) is 0 Å². The van der Waals surface area contributed by atoms with Crippen LogP contribution in [0.3, 0.4) is 0 Å². The van der Waals surface area contributed by atoms with Crippen molar-refractivity contribution in [3.8, 4) is 11.3 Å². The van der Waals surface area contributed by atoms with Crippen molar-refractivity contribution in [2.24, 2.45) is 0 Å². The van der Waals surface area contributed by atoms with Crippen molar-refractivity contribution in [2.75, 3.05) is 6.54 Å². The van der Waals surface area contributed by atoms with E-state index < -0.39 is 46.0 Å². The summed E-state index contributed by atoms with van der Waals surface area (Å²) in [5.74, 6) is -1.38. The molecular formula is C23H19F5N4O3S2. The van der Waals surface area contributed by atoms with E-state index in [-0.39, 0.29) is 34.5 Å². The van der Waals surface area contributed by atoms with Crippen LogP contribution in [-0.4, -0.2) is 52.9 Å². The zero-order chi connectivity index (χ0) is 26.8. The summed E-state index contributed by atoms with van der Waals surface area (Å²) in [6, 6.07) is 9.76. The van der Waals surface area contributed by atoms with Gasteiger partial charge < -0.3 is 5.32 Å². The maximum atomic E-state index is 14.2. The van der Waals surface area contributed by atoms with E-state index >= 15 is 0 Å². The fraction of sp³-hybridized carbons (Fsp3) is 0.261. The standard InChI is InChI=1S/C23H19F5N4O3S2/c24-15-3-7-19(8-4-15)37(34,35)32-12-16(25)9-21(32)22(33)29-11-17-10-20(31-13-30-17)14-1-5-18(6-2-14)36-23(26,27)28/h1-8,10,13,16,21H,9,11-12H2,(H,29,33)/t16-,21+/m1/s1. The van der Waals surface area contributed by atoms with Crippen molar-refractivity contribution in [2.45, 2.75) is 40.5 Å². The Bertz CT molecular complexity index is 1370. The van der Waals surface area contributed by atoms with Gasteiger partial charge in [-0.2, -0.15) is 17.5 Å². The first-order chi connectivity index (χ1) is 17.4. The van der Waals surface area contributed by atoms with Crippen LogP contribution in [0, 0.1) is 5.82 Å². The Hall–Kier alpha value is -3.10. The Kier molecular flexibility index (Phi) is 7.80. The molecule has 0 bridgehead atoms. The van der Waals surface area contributed by atoms with Gasteiger partial charge in [0.2, 0.25) is 15.9 Å². The number of benzene rings is 2. The van der Waals surface area contributed by atoms with Crippen molar-refractivity contribution in [3.05, 3.63) is 72.4 Å². The van der Waals surface area contributed by atoms with Gasteiger partial charge in [0.15, 0.2) is 0 Å². The summed E-state index contributed by atoms with van der Waals surface area (Å²) < 4.78 is 91.6. The fourth-order valence-corrected chi connectivity index (χ4v) is 5.94. The number of carbonyl (C=O) groups is 1. The van der Waals surface area contributed by atoms with Crippen LogP contribution >= 0.6 is 11.8 Å². The molecule has 14 heteroatoms. The highest BCUT2D eigenvalue weighted by Crippen LogP contribution is 2.37. The highest BCUT2D eigenvalue weighted by atomic mass is 32.2. The molecule has 2 heterocycles. The zero-order valence-electron chi connectivity index (χ0n) is 18.8. The number of hydrogen-bond donors (Lipinski definition) is 1. The van der Waals surface area contributed by atoms with Gasteiger partial charge in [-0.15, -0.1) is 0 Å². The quantitative estimate of drug-likeness (QED) is 0.343. The van der Waals surface area contributed by atoms with Gasteiger partial charge in [-0.3, -0.25) is 4.79 Å². The van der Waals surface area contributed by atoms with E-state index in [9.17, 15) is 35.2 Å². The van der Waals surface area contributed by atoms with Crippen molar-refractivity contribution in [1.82, 2.24) is 19.6 Å². The van der Waals surface area contributed by atoms with Crippen molar-refractivity contribution >= 4 is 27.7 Å². The summed E-state index contributed by atoms with van der Waals surface area (Å²) in [6.07, 6.45) is -0.688. The number of rotatable bonds is 7. The molecule has 4 rings (SSSR count). The molecule has 1 aliphatic heterocycles. The zero-order valence-corrected chi connectivity index (χ0v) is 20.5. The van der Waals surface area contributed by atoms with Gasteiger partial charge in [-0.05, 0) is 54.2 Å². The Morgan fingerprint density at radius 3 is 2.41 bits per heavy atom. The lowest BCUT2D eigenvalue weighted by atomic mass is 10.1. The number of sulfonamides is 1.